The first kappa shape index (κ1) is 134. The molecular formula is C108H193N7O16. The van der Waals surface area contributed by atoms with Crippen LogP contribution in [-0.4, -0.2) is 132 Å². The molecule has 9 N–H and O–H groups in total. The van der Waals surface area contributed by atoms with E-state index in [4.69, 9.17) is 30.5 Å². The zero-order valence-electron chi connectivity index (χ0n) is 89.3. The number of aliphatic carboxylic acids is 2. The van der Waals surface area contributed by atoms with Crippen LogP contribution in [0, 0.1) is 66.0 Å². The molecule has 0 bridgehead atoms. The SMILES string of the molecule is CCC(C)(C)C[C@@H](NC(=O)OCc1ccccc1)C(=O)O.CCC(C)(C)C[C@H](N)C(C)=O.CCCC(C)(C)C(C(=O)OCC)C(=O)OCC.CCCC(C)(C)CC(=O)N(C)OC.CCCC(C)(C)CC(C#N)NCc1ccccc1.CCCC(C)(C)CC(C)=O.CCCC(C)(C)CC(C)=O.CCCC(C)(C)CC(N)C(C)=O.CCCC(C)(C)CC(NCc1ccccc1)C(=O)O. The minimum absolute atomic E-state index is 0.0425. The number of alkyl carbamates (subject to hydrolysis) is 1. The van der Waals surface area contributed by atoms with Crippen LogP contribution in [0.2, 0.25) is 0 Å². The van der Waals surface area contributed by atoms with Crippen LogP contribution in [0.25, 0.3) is 0 Å². The molecule has 756 valence electrons. The number of nitriles is 1. The number of amides is 2. The van der Waals surface area contributed by atoms with Crippen LogP contribution >= 0.6 is 0 Å². The number of carboxylic acid groups (broad SMARTS) is 2. The highest BCUT2D eigenvalue weighted by atomic mass is 16.7. The van der Waals surface area contributed by atoms with Crippen molar-refractivity contribution in [3.8, 4) is 6.07 Å². The van der Waals surface area contributed by atoms with Crippen molar-refractivity contribution in [2.75, 3.05) is 27.4 Å². The fraction of sp³-hybridized carbons (Fsp3) is 0.731. The molecule has 0 fully saturated rings. The molecular weight excluding hydrogens is 1650 g/mol. The number of carbonyl (C=O) groups excluding carboxylic acids is 8. The van der Waals surface area contributed by atoms with Crippen molar-refractivity contribution in [3.05, 3.63) is 108 Å². The molecule has 0 heterocycles. The second-order valence-corrected chi connectivity index (χ2v) is 42.1. The molecule has 5 atom stereocenters. The third kappa shape index (κ3) is 75.3. The number of hydroxylamine groups is 2. The molecule has 0 saturated carbocycles. The predicted octanol–water partition coefficient (Wildman–Crippen LogP) is 24.7. The summed E-state index contributed by atoms with van der Waals surface area (Å²) in [5.41, 5.74) is 15.1. The zero-order valence-corrected chi connectivity index (χ0v) is 89.3. The molecule has 0 aliphatic carbocycles. The van der Waals surface area contributed by atoms with E-state index in [1.54, 1.807) is 48.6 Å². The van der Waals surface area contributed by atoms with Gasteiger partial charge in [-0.15, -0.1) is 0 Å². The highest BCUT2D eigenvalue weighted by molar-refractivity contribution is 5.96. The Morgan fingerprint density at radius 2 is 0.710 bits per heavy atom. The maximum absolute atomic E-state index is 11.9. The molecule has 0 aromatic heterocycles. The molecule has 0 radical (unpaired) electrons. The van der Waals surface area contributed by atoms with Crippen molar-refractivity contribution in [3.63, 3.8) is 0 Å². The van der Waals surface area contributed by atoms with E-state index in [1.807, 2.05) is 120 Å². The number of nitrogens with two attached hydrogens (primary N) is 2. The Morgan fingerprint density at radius 3 is 1.02 bits per heavy atom. The fourth-order valence-corrected chi connectivity index (χ4v) is 15.2. The van der Waals surface area contributed by atoms with E-state index in [0.29, 0.717) is 37.4 Å². The summed E-state index contributed by atoms with van der Waals surface area (Å²) in [7, 11) is 3.15. The van der Waals surface area contributed by atoms with Crippen molar-refractivity contribution in [1.29, 1.82) is 5.26 Å². The Hall–Kier alpha value is -7.75. The maximum atomic E-state index is 11.9. The number of benzene rings is 3. The number of Topliss-reactive ketones (excluding diaryl/α,β-unsaturated/α-hetero) is 4. The first-order chi connectivity index (χ1) is 60.4. The van der Waals surface area contributed by atoms with Crippen LogP contribution in [0.5, 0.6) is 0 Å². The number of carboxylic acids is 2. The molecule has 23 heteroatoms. The molecule has 3 aromatic rings. The van der Waals surface area contributed by atoms with Gasteiger partial charge in [0.1, 0.15) is 41.8 Å². The van der Waals surface area contributed by atoms with E-state index in [-0.39, 0.29) is 98.7 Å². The van der Waals surface area contributed by atoms with Crippen molar-refractivity contribution in [1.82, 2.24) is 21.0 Å². The number of hydrogen-bond acceptors (Lipinski definition) is 19. The number of rotatable bonds is 51. The minimum atomic E-state index is -1.05. The standard InChI is InChI=1S/C16H24N2.C16H23NO4.C16H25NO2.C13H24O4.C10H21NO2.C10H21NO.C9H19NO.2C9H18O/c1-4-10-16(2,3)11-15(12-17)18-13-14-8-6-5-7-9-14;1-4-16(2,3)10-13(14(18)19)17-15(20)21-11-12-8-6-5-7-9-12;1-4-10-16(2,3)11-14(15(18)19)17-12-13-8-6-5-7-9-13;1-6-9-13(4,5)10(11(14)16-7-2)12(15)17-8-3;1-6-7-10(2,3)8-9(12)11(4)13-5;1-5-6-10(3,4)7-9(11)8(2)12;1-5-9(3,4)6-8(10)7(2)11;2*1-5-6-9(3,4)7-8(2)10/h5-9,15,18H,4,10-11,13H2,1-3H3;5-9,13H,4,10-11H2,1-3H3,(H,17,20)(H,18,19);5-9,14,17H,4,10-12H2,1-3H3,(H,18,19);10H,6-9H2,1-5H3;6-8H2,1-5H3;9H,5-7,11H2,1-4H3;8H,5-6,10H2,1-4H3;2*5-7H2,1-4H3/t;13-;;;;;8-;;/m.1....0../s1. The topological polar surface area (TPSA) is 363 Å². The number of ether oxygens (including phenoxy) is 3. The first-order valence-electron chi connectivity index (χ1n) is 48.4. The highest BCUT2D eigenvalue weighted by Gasteiger charge is 2.43. The van der Waals surface area contributed by atoms with Gasteiger partial charge < -0.3 is 56.1 Å². The molecule has 0 spiro atoms. The predicted molar refractivity (Wildman–Crippen MR) is 540 cm³/mol. The Labute approximate surface area is 798 Å². The third-order valence-corrected chi connectivity index (χ3v) is 22.8. The molecule has 0 aliphatic rings. The highest BCUT2D eigenvalue weighted by Crippen LogP contribution is 2.36. The molecule has 3 unspecified atom stereocenters. The van der Waals surface area contributed by atoms with E-state index in [0.717, 1.165) is 133 Å². The zero-order chi connectivity index (χ0) is 103. The van der Waals surface area contributed by atoms with Crippen molar-refractivity contribution < 1.29 is 77.2 Å². The van der Waals surface area contributed by atoms with Gasteiger partial charge in [-0.2, -0.15) is 5.26 Å². The number of hydrogen-bond donors (Lipinski definition) is 7. The Kier molecular flexibility index (Phi) is 73.4. The number of ketones is 4. The lowest BCUT2D eigenvalue weighted by molar-refractivity contribution is -0.171. The largest absolute Gasteiger partial charge is 0.480 e. The Bertz CT molecular complexity index is 3560. The Morgan fingerprint density at radius 1 is 0.405 bits per heavy atom. The summed E-state index contributed by atoms with van der Waals surface area (Å²) in [5.74, 6) is -2.77. The quantitative estimate of drug-likeness (QED) is 0.0119. The summed E-state index contributed by atoms with van der Waals surface area (Å²) in [6.45, 7) is 68.9. The van der Waals surface area contributed by atoms with Crippen molar-refractivity contribution >= 4 is 59.0 Å². The van der Waals surface area contributed by atoms with Crippen molar-refractivity contribution in [2.45, 2.75) is 432 Å². The van der Waals surface area contributed by atoms with Gasteiger partial charge >= 0.3 is 30.0 Å². The molecule has 131 heavy (non-hydrogen) atoms. The number of nitrogens with one attached hydrogen (secondary N) is 3. The summed E-state index contributed by atoms with van der Waals surface area (Å²) in [4.78, 5) is 117. The van der Waals surface area contributed by atoms with Gasteiger partial charge in [0.15, 0.2) is 5.92 Å². The lowest BCUT2D eigenvalue weighted by atomic mass is 9.75. The Balaban J connectivity index is -0.000000340. The van der Waals surface area contributed by atoms with Gasteiger partial charge in [0, 0.05) is 39.4 Å². The van der Waals surface area contributed by atoms with E-state index < -0.39 is 53.4 Å². The average molecular weight is 1850 g/mol. The molecule has 0 saturated heterocycles. The van der Waals surface area contributed by atoms with Gasteiger partial charge in [0.25, 0.3) is 0 Å². The molecule has 23 nitrogen and oxygen atoms in total. The smallest absolute Gasteiger partial charge is 0.408 e. The van der Waals surface area contributed by atoms with Crippen molar-refractivity contribution in [2.24, 2.45) is 66.1 Å². The van der Waals surface area contributed by atoms with Crippen LogP contribution in [0.1, 0.15) is 399 Å². The van der Waals surface area contributed by atoms with Crippen LogP contribution in [-0.2, 0) is 81.9 Å². The summed E-state index contributed by atoms with van der Waals surface area (Å²) < 4.78 is 15.0. The van der Waals surface area contributed by atoms with E-state index in [2.05, 4.69) is 180 Å². The van der Waals surface area contributed by atoms with E-state index in [9.17, 15) is 63.4 Å². The lowest BCUT2D eigenvalue weighted by Gasteiger charge is -2.30. The number of esters is 2. The van der Waals surface area contributed by atoms with Crippen LogP contribution in [0.15, 0.2) is 91.0 Å². The van der Waals surface area contributed by atoms with E-state index >= 15 is 0 Å². The summed E-state index contributed by atoms with van der Waals surface area (Å²) in [6.07, 6.45) is 21.9. The number of carbonyl (C=O) groups is 10. The molecule has 0 aliphatic heterocycles. The summed E-state index contributed by atoms with van der Waals surface area (Å²) in [5, 5.41) is 37.9. The summed E-state index contributed by atoms with van der Waals surface area (Å²) in [6, 6.07) is 29.7. The summed E-state index contributed by atoms with van der Waals surface area (Å²) >= 11 is 0. The van der Waals surface area contributed by atoms with Gasteiger partial charge in [0.05, 0.1) is 44.5 Å². The van der Waals surface area contributed by atoms with Gasteiger partial charge in [0.2, 0.25) is 5.91 Å². The second kappa shape index (κ2) is 71.8. The van der Waals surface area contributed by atoms with Crippen LogP contribution in [0.3, 0.4) is 0 Å². The third-order valence-electron chi connectivity index (χ3n) is 22.8. The minimum Gasteiger partial charge on any atom is -0.480 e. The molecule has 3 aromatic carbocycles. The maximum Gasteiger partial charge on any atom is 0.408 e. The lowest BCUT2D eigenvalue weighted by Crippen LogP contribution is -2.43. The first-order valence-corrected chi connectivity index (χ1v) is 48.4. The second-order valence-electron chi connectivity index (χ2n) is 42.1. The van der Waals surface area contributed by atoms with Crippen LogP contribution < -0.4 is 27.4 Å². The van der Waals surface area contributed by atoms with Gasteiger partial charge in [-0.25, -0.2) is 14.7 Å². The van der Waals surface area contributed by atoms with Gasteiger partial charge in [-0.3, -0.25) is 38.9 Å². The monoisotopic (exact) mass is 1840 g/mol. The normalized spacial score (nSPS) is 12.6. The fourth-order valence-electron chi connectivity index (χ4n) is 15.2. The van der Waals surface area contributed by atoms with Gasteiger partial charge in [-0.05, 0) is 184 Å². The number of nitrogens with zero attached hydrogens (tertiary/aromatic N) is 2. The molecule has 2 amide bonds. The molecule has 3 rings (SSSR count). The van der Waals surface area contributed by atoms with Crippen LogP contribution in [0.4, 0.5) is 4.79 Å². The average Bonchev–Trinajstić information content (AvgIpc) is 0.820. The van der Waals surface area contributed by atoms with E-state index in [1.165, 1.54) is 37.0 Å². The van der Waals surface area contributed by atoms with Gasteiger partial charge in [-0.1, -0.05) is 336 Å².